The molecule has 0 aliphatic heterocycles. The van der Waals surface area contributed by atoms with E-state index < -0.39 is 6.10 Å². The summed E-state index contributed by atoms with van der Waals surface area (Å²) in [5.41, 5.74) is 0.855. The predicted molar refractivity (Wildman–Crippen MR) is 60.1 cm³/mol. The summed E-state index contributed by atoms with van der Waals surface area (Å²) in [6.45, 7) is 4.39. The lowest BCUT2D eigenvalue weighted by Gasteiger charge is -2.09. The van der Waals surface area contributed by atoms with Gasteiger partial charge in [0.15, 0.2) is 4.67 Å². The van der Waals surface area contributed by atoms with Crippen LogP contribution in [0.25, 0.3) is 0 Å². The highest BCUT2D eigenvalue weighted by Gasteiger charge is 2.13. The maximum atomic E-state index is 9.81. The Morgan fingerprint density at radius 3 is 2.64 bits per heavy atom. The first-order valence-corrected chi connectivity index (χ1v) is 5.81. The van der Waals surface area contributed by atoms with Crippen molar-refractivity contribution in [3.05, 3.63) is 22.6 Å². The molecule has 0 aliphatic carbocycles. The van der Waals surface area contributed by atoms with Crippen molar-refractivity contribution in [3.63, 3.8) is 0 Å². The summed E-state index contributed by atoms with van der Waals surface area (Å²) in [6, 6.07) is 1.81. The monoisotopic (exact) mass is 260 g/mol. The van der Waals surface area contributed by atoms with Crippen LogP contribution in [0.2, 0.25) is 0 Å². The smallest absolute Gasteiger partial charge is 0.174 e. The van der Waals surface area contributed by atoms with Crippen LogP contribution < -0.4 is 0 Å². The lowest BCUT2D eigenvalue weighted by molar-refractivity contribution is 0.160. The summed E-state index contributed by atoms with van der Waals surface area (Å²) in [7, 11) is 0. The van der Waals surface area contributed by atoms with Crippen LogP contribution >= 0.6 is 15.9 Å². The third kappa shape index (κ3) is 3.46. The Balaban J connectivity index is 2.36. The molecule has 0 aromatic carbocycles. The van der Waals surface area contributed by atoms with Crippen molar-refractivity contribution in [1.82, 2.24) is 0 Å². The first-order valence-electron chi connectivity index (χ1n) is 5.02. The largest absolute Gasteiger partial charge is 0.457 e. The Bertz CT molecular complexity index is 268. The Labute approximate surface area is 93.4 Å². The van der Waals surface area contributed by atoms with Crippen molar-refractivity contribution >= 4 is 15.9 Å². The van der Waals surface area contributed by atoms with E-state index in [1.807, 2.05) is 6.07 Å². The number of halogens is 1. The second-order valence-corrected chi connectivity index (χ2v) is 4.71. The molecule has 0 radical (unpaired) electrons. The molecule has 2 nitrogen and oxygen atoms in total. The highest BCUT2D eigenvalue weighted by molar-refractivity contribution is 9.10. The molecule has 1 heterocycles. The highest BCUT2D eigenvalue weighted by Crippen LogP contribution is 2.28. The molecule has 1 aromatic heterocycles. The Hall–Kier alpha value is -0.280. The molecule has 1 aromatic rings. The van der Waals surface area contributed by atoms with Crippen molar-refractivity contribution in [2.45, 2.75) is 39.2 Å². The molecule has 14 heavy (non-hydrogen) atoms. The number of aliphatic hydroxyl groups is 1. The topological polar surface area (TPSA) is 33.4 Å². The normalized spacial score (nSPS) is 13.5. The van der Waals surface area contributed by atoms with Gasteiger partial charge >= 0.3 is 0 Å². The molecular formula is C11H17BrO2. The quantitative estimate of drug-likeness (QED) is 0.871. The van der Waals surface area contributed by atoms with Gasteiger partial charge in [0, 0.05) is 5.56 Å². The molecule has 0 spiro atoms. The van der Waals surface area contributed by atoms with Crippen LogP contribution in [0.15, 0.2) is 21.4 Å². The number of furan rings is 1. The van der Waals surface area contributed by atoms with E-state index in [1.165, 1.54) is 0 Å². The van der Waals surface area contributed by atoms with E-state index in [1.54, 1.807) is 6.26 Å². The predicted octanol–water partition coefficient (Wildman–Crippen LogP) is 3.90. The first kappa shape index (κ1) is 11.8. The summed E-state index contributed by atoms with van der Waals surface area (Å²) < 4.78 is 5.72. The second kappa shape index (κ2) is 5.56. The van der Waals surface area contributed by atoms with Gasteiger partial charge in [-0.15, -0.1) is 0 Å². The fourth-order valence-corrected chi connectivity index (χ4v) is 1.92. The average molecular weight is 261 g/mol. The molecule has 3 heteroatoms. The van der Waals surface area contributed by atoms with Crippen LogP contribution in [-0.4, -0.2) is 5.11 Å². The zero-order valence-corrected chi connectivity index (χ0v) is 10.3. The van der Waals surface area contributed by atoms with Crippen molar-refractivity contribution < 1.29 is 9.52 Å². The van der Waals surface area contributed by atoms with Gasteiger partial charge in [-0.25, -0.2) is 0 Å². The number of aliphatic hydroxyl groups excluding tert-OH is 1. The maximum Gasteiger partial charge on any atom is 0.174 e. The molecular weight excluding hydrogens is 244 g/mol. The van der Waals surface area contributed by atoms with Crippen molar-refractivity contribution in [2.24, 2.45) is 5.92 Å². The Kier molecular flexibility index (Phi) is 4.69. The highest BCUT2D eigenvalue weighted by atomic mass is 79.9. The SMILES string of the molecule is CC(C)CCCC(O)c1ccoc1Br. The Morgan fingerprint density at radius 2 is 2.14 bits per heavy atom. The van der Waals surface area contributed by atoms with Crippen molar-refractivity contribution in [3.8, 4) is 0 Å². The van der Waals surface area contributed by atoms with Gasteiger partial charge in [-0.3, -0.25) is 0 Å². The molecule has 0 saturated carbocycles. The van der Waals surface area contributed by atoms with Crippen LogP contribution in [0.1, 0.15) is 44.8 Å². The lowest BCUT2D eigenvalue weighted by Crippen LogP contribution is -1.97. The van der Waals surface area contributed by atoms with Crippen LogP contribution in [0.5, 0.6) is 0 Å². The van der Waals surface area contributed by atoms with E-state index in [2.05, 4.69) is 29.8 Å². The van der Waals surface area contributed by atoms with Gasteiger partial charge in [0.1, 0.15) is 0 Å². The minimum Gasteiger partial charge on any atom is -0.457 e. The van der Waals surface area contributed by atoms with Gasteiger partial charge in [0.25, 0.3) is 0 Å². The molecule has 1 rings (SSSR count). The third-order valence-corrected chi connectivity index (χ3v) is 2.91. The minimum atomic E-state index is -0.401. The Morgan fingerprint density at radius 1 is 1.43 bits per heavy atom. The van der Waals surface area contributed by atoms with Crippen molar-refractivity contribution in [2.75, 3.05) is 0 Å². The lowest BCUT2D eigenvalue weighted by atomic mass is 10.0. The molecule has 1 unspecified atom stereocenters. The maximum absolute atomic E-state index is 9.81. The van der Waals surface area contributed by atoms with Crippen LogP contribution in [0.4, 0.5) is 0 Å². The van der Waals surface area contributed by atoms with E-state index in [0.29, 0.717) is 10.6 Å². The molecule has 0 amide bonds. The summed E-state index contributed by atoms with van der Waals surface area (Å²) in [5, 5.41) is 9.81. The molecule has 0 aliphatic rings. The fraction of sp³-hybridized carbons (Fsp3) is 0.636. The zero-order chi connectivity index (χ0) is 10.6. The standard InChI is InChI=1S/C11H17BrO2/c1-8(2)4-3-5-10(13)9-6-7-14-11(9)12/h6-8,10,13H,3-5H2,1-2H3. The molecule has 0 saturated heterocycles. The fourth-order valence-electron chi connectivity index (χ4n) is 1.42. The summed E-state index contributed by atoms with van der Waals surface area (Å²) >= 11 is 3.26. The van der Waals surface area contributed by atoms with Crippen LogP contribution in [-0.2, 0) is 0 Å². The number of rotatable bonds is 5. The van der Waals surface area contributed by atoms with Gasteiger partial charge in [0.2, 0.25) is 0 Å². The number of hydrogen-bond acceptors (Lipinski definition) is 2. The molecule has 1 N–H and O–H groups in total. The zero-order valence-electron chi connectivity index (χ0n) is 8.66. The van der Waals surface area contributed by atoms with Gasteiger partial charge in [-0.2, -0.15) is 0 Å². The second-order valence-electron chi connectivity index (χ2n) is 3.99. The molecule has 0 bridgehead atoms. The van der Waals surface area contributed by atoms with E-state index >= 15 is 0 Å². The van der Waals surface area contributed by atoms with E-state index in [4.69, 9.17) is 4.42 Å². The van der Waals surface area contributed by atoms with Gasteiger partial charge in [-0.05, 0) is 34.3 Å². The molecule has 1 atom stereocenters. The van der Waals surface area contributed by atoms with Crippen molar-refractivity contribution in [1.29, 1.82) is 0 Å². The number of hydrogen-bond donors (Lipinski definition) is 1. The first-order chi connectivity index (χ1) is 6.61. The van der Waals surface area contributed by atoms with Gasteiger partial charge in [0.05, 0.1) is 12.4 Å². The summed E-state index contributed by atoms with van der Waals surface area (Å²) in [5.74, 6) is 0.704. The summed E-state index contributed by atoms with van der Waals surface area (Å²) in [4.78, 5) is 0. The van der Waals surface area contributed by atoms with Crippen LogP contribution in [0.3, 0.4) is 0 Å². The van der Waals surface area contributed by atoms with Gasteiger partial charge < -0.3 is 9.52 Å². The molecule has 80 valence electrons. The molecule has 0 fully saturated rings. The average Bonchev–Trinajstić information content (AvgIpc) is 2.50. The van der Waals surface area contributed by atoms with E-state index in [9.17, 15) is 5.11 Å². The van der Waals surface area contributed by atoms with E-state index in [-0.39, 0.29) is 0 Å². The minimum absolute atomic E-state index is 0.401. The summed E-state index contributed by atoms with van der Waals surface area (Å²) in [6.07, 6.45) is 4.20. The van der Waals surface area contributed by atoms with Crippen LogP contribution in [0, 0.1) is 5.92 Å². The van der Waals surface area contributed by atoms with E-state index in [0.717, 1.165) is 24.8 Å². The van der Waals surface area contributed by atoms with Gasteiger partial charge in [-0.1, -0.05) is 26.7 Å². The third-order valence-electron chi connectivity index (χ3n) is 2.26.